The Bertz CT molecular complexity index is 1220. The molecule has 1 aromatic rings. The fraction of sp³-hybridized carbons (Fsp3) is 0.639. The number of aliphatic hydroxyl groups excluding tert-OH is 1. The molecule has 0 aromatic heterocycles. The van der Waals surface area contributed by atoms with E-state index in [4.69, 9.17) is 9.47 Å². The van der Waals surface area contributed by atoms with Gasteiger partial charge in [-0.1, -0.05) is 38.8 Å². The van der Waals surface area contributed by atoms with E-state index in [1.54, 1.807) is 26.9 Å². The zero-order valence-corrected chi connectivity index (χ0v) is 27.7. The van der Waals surface area contributed by atoms with Crippen LogP contribution >= 0.6 is 0 Å². The molecule has 6 atom stereocenters. The molecule has 3 heterocycles. The summed E-state index contributed by atoms with van der Waals surface area (Å²) in [6, 6.07) is 6.54. The molecule has 1 N–H and O–H groups in total. The lowest BCUT2D eigenvalue weighted by Crippen LogP contribution is -2.57. The number of hydrogen-bond donors (Lipinski definition) is 1. The Hall–Kier alpha value is -3.17. The van der Waals surface area contributed by atoms with E-state index in [-0.39, 0.29) is 36.8 Å². The number of nitrogens with zero attached hydrogens (tertiary/aromatic N) is 3. The number of ether oxygens (including phenoxy) is 2. The molecule has 45 heavy (non-hydrogen) atoms. The maximum Gasteiger partial charge on any atom is 0.248 e. The van der Waals surface area contributed by atoms with E-state index in [1.807, 2.05) is 38.1 Å². The molecular formula is C36H53N3O6. The average Bonchev–Trinajstić information content (AvgIpc) is 3.54. The van der Waals surface area contributed by atoms with Crippen LogP contribution in [0.15, 0.2) is 49.6 Å². The Kier molecular flexibility index (Phi) is 11.5. The van der Waals surface area contributed by atoms with Crippen LogP contribution in [0.1, 0.15) is 72.6 Å². The number of anilines is 1. The lowest BCUT2D eigenvalue weighted by atomic mass is 9.62. The van der Waals surface area contributed by atoms with Crippen LogP contribution in [-0.4, -0.2) is 89.3 Å². The second kappa shape index (κ2) is 14.9. The fourth-order valence-corrected chi connectivity index (χ4v) is 7.89. The molecule has 3 unspecified atom stereocenters. The van der Waals surface area contributed by atoms with E-state index in [0.29, 0.717) is 56.9 Å². The van der Waals surface area contributed by atoms with Crippen LogP contribution in [0.2, 0.25) is 0 Å². The van der Waals surface area contributed by atoms with Gasteiger partial charge in [0, 0.05) is 38.5 Å². The first-order valence-electron chi connectivity index (χ1n) is 16.8. The molecular weight excluding hydrogens is 570 g/mol. The largest absolute Gasteiger partial charge is 0.494 e. The summed E-state index contributed by atoms with van der Waals surface area (Å²) in [6.07, 6.45) is 8.82. The van der Waals surface area contributed by atoms with E-state index < -0.39 is 29.1 Å². The Morgan fingerprint density at radius 2 is 1.78 bits per heavy atom. The third kappa shape index (κ3) is 6.43. The van der Waals surface area contributed by atoms with E-state index in [1.165, 1.54) is 0 Å². The molecule has 9 heteroatoms. The predicted molar refractivity (Wildman–Crippen MR) is 176 cm³/mol. The highest BCUT2D eigenvalue weighted by molar-refractivity contribution is 6.03. The lowest BCUT2D eigenvalue weighted by molar-refractivity contribution is -0.152. The van der Waals surface area contributed by atoms with Crippen molar-refractivity contribution in [3.8, 4) is 5.75 Å². The van der Waals surface area contributed by atoms with Gasteiger partial charge in [0.25, 0.3) is 0 Å². The van der Waals surface area contributed by atoms with Gasteiger partial charge in [0.1, 0.15) is 17.4 Å². The first-order chi connectivity index (χ1) is 21.6. The highest BCUT2D eigenvalue weighted by atomic mass is 16.5. The number of hydrogen-bond acceptors (Lipinski definition) is 6. The molecule has 3 fully saturated rings. The second-order valence-corrected chi connectivity index (χ2v) is 13.0. The molecule has 1 spiro atoms. The summed E-state index contributed by atoms with van der Waals surface area (Å²) < 4.78 is 12.6. The minimum atomic E-state index is -1.11. The molecule has 3 saturated heterocycles. The van der Waals surface area contributed by atoms with Gasteiger partial charge >= 0.3 is 0 Å². The number of unbranched alkanes of at least 4 members (excludes halogenated alkanes) is 4. The summed E-state index contributed by atoms with van der Waals surface area (Å²) in [5.41, 5.74) is -1.35. The van der Waals surface area contributed by atoms with Crippen molar-refractivity contribution in [1.29, 1.82) is 0 Å². The summed E-state index contributed by atoms with van der Waals surface area (Å²) in [7, 11) is 0. The van der Waals surface area contributed by atoms with Crippen molar-refractivity contribution >= 4 is 23.4 Å². The van der Waals surface area contributed by atoms with Gasteiger partial charge in [0.15, 0.2) is 0 Å². The predicted octanol–water partition coefficient (Wildman–Crippen LogP) is 4.98. The SMILES string of the molecule is C=CCN(CCCCC)C(=O)C1N(CCCCCO)C(=O)[C@@H]2[C@H](C(=O)N(CC=C)c3ccc(OCC)cc3)[C@@]3(C)OC12CC3C. The number of benzene rings is 1. The highest BCUT2D eigenvalue weighted by Crippen LogP contribution is 2.65. The van der Waals surface area contributed by atoms with Crippen LogP contribution < -0.4 is 9.64 Å². The third-order valence-electron chi connectivity index (χ3n) is 10.1. The minimum absolute atomic E-state index is 0.0565. The summed E-state index contributed by atoms with van der Waals surface area (Å²) in [6.45, 7) is 18.1. The van der Waals surface area contributed by atoms with Gasteiger partial charge in [0.05, 0.1) is 24.0 Å². The third-order valence-corrected chi connectivity index (χ3v) is 10.1. The smallest absolute Gasteiger partial charge is 0.248 e. The standard InChI is InChI=1S/C36H53N3O6/c1-7-11-13-22-37(20-8-2)34(43)31-36-25-26(5)35(6,45-36)29(30(36)33(42)39(31)23-14-12-15-24-40)32(41)38(21-9-3)27-16-18-28(19-17-27)44-10-4/h8-9,16-19,26,29-31,40H,2-3,7,10-15,20-25H2,1,4-6H3/t26?,29-,30+,31?,35+,36?/m1/s1. The van der Waals surface area contributed by atoms with Crippen molar-refractivity contribution in [2.24, 2.45) is 17.8 Å². The maximum absolute atomic E-state index is 14.7. The number of likely N-dealkylation sites (tertiary alicyclic amines) is 1. The monoisotopic (exact) mass is 623 g/mol. The van der Waals surface area contributed by atoms with E-state index in [9.17, 15) is 19.5 Å². The molecule has 2 bridgehead atoms. The van der Waals surface area contributed by atoms with Crippen LogP contribution in [0.5, 0.6) is 5.75 Å². The van der Waals surface area contributed by atoms with Crippen LogP contribution in [0.25, 0.3) is 0 Å². The first-order valence-corrected chi connectivity index (χ1v) is 16.8. The molecule has 9 nitrogen and oxygen atoms in total. The van der Waals surface area contributed by atoms with Crippen molar-refractivity contribution in [2.75, 3.05) is 44.3 Å². The molecule has 1 aromatic carbocycles. The van der Waals surface area contributed by atoms with Crippen molar-refractivity contribution in [1.82, 2.24) is 9.80 Å². The zero-order valence-electron chi connectivity index (χ0n) is 27.7. The summed E-state index contributed by atoms with van der Waals surface area (Å²) in [5.74, 6) is -1.43. The van der Waals surface area contributed by atoms with Gasteiger partial charge in [-0.25, -0.2) is 0 Å². The molecule has 0 radical (unpaired) electrons. The molecule has 4 rings (SSSR count). The van der Waals surface area contributed by atoms with Crippen molar-refractivity contribution in [3.05, 3.63) is 49.6 Å². The van der Waals surface area contributed by atoms with E-state index in [0.717, 1.165) is 25.7 Å². The quantitative estimate of drug-likeness (QED) is 0.183. The Labute approximate surface area is 269 Å². The topological polar surface area (TPSA) is 99.6 Å². The van der Waals surface area contributed by atoms with Crippen molar-refractivity contribution < 1.29 is 29.0 Å². The summed E-state index contributed by atoms with van der Waals surface area (Å²) in [4.78, 5) is 49.1. The van der Waals surface area contributed by atoms with Crippen molar-refractivity contribution in [2.45, 2.75) is 89.9 Å². The first kappa shape index (κ1) is 34.7. The minimum Gasteiger partial charge on any atom is -0.494 e. The normalized spacial score (nSPS) is 28.2. The molecule has 0 aliphatic carbocycles. The summed E-state index contributed by atoms with van der Waals surface area (Å²) in [5, 5.41) is 9.36. The molecule has 3 aliphatic heterocycles. The van der Waals surface area contributed by atoms with Crippen molar-refractivity contribution in [3.63, 3.8) is 0 Å². The van der Waals surface area contributed by atoms with Gasteiger partial charge in [-0.2, -0.15) is 0 Å². The summed E-state index contributed by atoms with van der Waals surface area (Å²) >= 11 is 0. The van der Waals surface area contributed by atoms with E-state index in [2.05, 4.69) is 27.0 Å². The molecule has 3 aliphatic rings. The lowest BCUT2D eigenvalue weighted by Gasteiger charge is -2.39. The van der Waals surface area contributed by atoms with Crippen LogP contribution in [0.3, 0.4) is 0 Å². The number of carbonyl (C=O) groups is 3. The molecule has 0 saturated carbocycles. The number of carbonyl (C=O) groups excluding carboxylic acids is 3. The Balaban J connectivity index is 1.76. The number of aliphatic hydroxyl groups is 1. The number of amides is 3. The number of rotatable bonds is 18. The highest BCUT2D eigenvalue weighted by Gasteiger charge is 2.80. The van der Waals surface area contributed by atoms with Gasteiger partial charge in [-0.05, 0) is 76.1 Å². The van der Waals surface area contributed by atoms with Gasteiger partial charge in [0.2, 0.25) is 17.7 Å². The fourth-order valence-electron chi connectivity index (χ4n) is 7.89. The molecule has 3 amide bonds. The molecule has 248 valence electrons. The van der Waals surface area contributed by atoms with Crippen LogP contribution in [0.4, 0.5) is 5.69 Å². The van der Waals surface area contributed by atoms with Gasteiger partial charge in [-0.3, -0.25) is 14.4 Å². The average molecular weight is 624 g/mol. The van der Waals surface area contributed by atoms with Crippen LogP contribution in [-0.2, 0) is 19.1 Å². The second-order valence-electron chi connectivity index (χ2n) is 13.0. The number of fused-ring (bicyclic) bond motifs is 1. The van der Waals surface area contributed by atoms with Gasteiger partial charge < -0.3 is 29.3 Å². The Morgan fingerprint density at radius 1 is 1.07 bits per heavy atom. The zero-order chi connectivity index (χ0) is 32.8. The maximum atomic E-state index is 14.7. The Morgan fingerprint density at radius 3 is 2.40 bits per heavy atom. The van der Waals surface area contributed by atoms with E-state index >= 15 is 0 Å². The van der Waals surface area contributed by atoms with Crippen LogP contribution in [0, 0.1) is 17.8 Å². The van der Waals surface area contributed by atoms with Gasteiger partial charge in [-0.15, -0.1) is 13.2 Å².